The third-order valence-electron chi connectivity index (χ3n) is 4.24. The van der Waals surface area contributed by atoms with Gasteiger partial charge in [0.1, 0.15) is 0 Å². The summed E-state index contributed by atoms with van der Waals surface area (Å²) in [7, 11) is 0. The first-order chi connectivity index (χ1) is 8.86. The fraction of sp³-hybridized carbons (Fsp3) is 0.600. The lowest BCUT2D eigenvalue weighted by Crippen LogP contribution is -2.20. The molecule has 2 atom stereocenters. The van der Waals surface area contributed by atoms with Crippen LogP contribution in [0.2, 0.25) is 0 Å². The Labute approximate surface area is 113 Å². The van der Waals surface area contributed by atoms with Gasteiger partial charge in [-0.25, -0.2) is 0 Å². The molecule has 2 unspecified atom stereocenters. The Morgan fingerprint density at radius 1 is 1.33 bits per heavy atom. The van der Waals surface area contributed by atoms with E-state index in [9.17, 15) is 0 Å². The number of rotatable bonds is 2. The number of likely N-dealkylation sites (tertiary alicyclic amines) is 1. The van der Waals surface area contributed by atoms with Crippen molar-refractivity contribution in [2.45, 2.75) is 25.8 Å². The zero-order valence-electron chi connectivity index (χ0n) is 10.7. The smallest absolute Gasteiger partial charge is 0.0555 e. The zero-order chi connectivity index (χ0) is 12.4. The second kappa shape index (κ2) is 5.44. The molecule has 2 fully saturated rings. The molecule has 2 heterocycles. The molecule has 1 saturated heterocycles. The van der Waals surface area contributed by atoms with Crippen LogP contribution in [-0.2, 0) is 6.54 Å². The van der Waals surface area contributed by atoms with Crippen LogP contribution in [0.4, 0.5) is 0 Å². The average molecular weight is 260 g/mol. The van der Waals surface area contributed by atoms with E-state index in [1.54, 1.807) is 0 Å². The molecule has 1 aliphatic heterocycles. The summed E-state index contributed by atoms with van der Waals surface area (Å²) in [5.74, 6) is 8.10. The van der Waals surface area contributed by atoms with Crippen LogP contribution in [0.1, 0.15) is 29.7 Å². The second-order valence-electron chi connectivity index (χ2n) is 5.41. The lowest BCUT2D eigenvalue weighted by atomic mass is 10.0. The largest absolute Gasteiger partial charge is 0.320 e. The summed E-state index contributed by atoms with van der Waals surface area (Å²) in [4.78, 5) is 4.03. The minimum Gasteiger partial charge on any atom is -0.320 e. The van der Waals surface area contributed by atoms with E-state index in [2.05, 4.69) is 28.2 Å². The summed E-state index contributed by atoms with van der Waals surface area (Å²) in [6.07, 6.45) is 4.35. The van der Waals surface area contributed by atoms with Crippen molar-refractivity contribution < 1.29 is 0 Å². The summed E-state index contributed by atoms with van der Waals surface area (Å²) < 4.78 is 0. The van der Waals surface area contributed by atoms with Gasteiger partial charge in [-0.1, -0.05) is 18.3 Å². The molecule has 18 heavy (non-hydrogen) atoms. The molecule has 1 aliphatic carbocycles. The standard InChI is InChI=1S/C15H20N2S/c16-7-2-5-12-6-8-18-15(12)11-17-9-13-3-1-4-14(13)10-17/h6,8,13-14H,1,3-4,7,9-11,16H2. The van der Waals surface area contributed by atoms with Crippen molar-refractivity contribution in [1.82, 2.24) is 4.90 Å². The van der Waals surface area contributed by atoms with Crippen LogP contribution >= 0.6 is 11.3 Å². The highest BCUT2D eigenvalue weighted by Crippen LogP contribution is 2.38. The van der Waals surface area contributed by atoms with Crippen molar-refractivity contribution in [3.8, 4) is 11.8 Å². The van der Waals surface area contributed by atoms with Gasteiger partial charge in [0.05, 0.1) is 6.54 Å². The molecule has 0 bridgehead atoms. The van der Waals surface area contributed by atoms with E-state index in [1.807, 2.05) is 11.3 Å². The van der Waals surface area contributed by atoms with Gasteiger partial charge < -0.3 is 5.73 Å². The van der Waals surface area contributed by atoms with Gasteiger partial charge in [-0.15, -0.1) is 11.3 Å². The lowest BCUT2D eigenvalue weighted by molar-refractivity contribution is 0.306. The molecule has 1 aromatic rings. The van der Waals surface area contributed by atoms with E-state index >= 15 is 0 Å². The van der Waals surface area contributed by atoms with Crippen molar-refractivity contribution in [2.24, 2.45) is 17.6 Å². The monoisotopic (exact) mass is 260 g/mol. The summed E-state index contributed by atoms with van der Waals surface area (Å²) in [6, 6.07) is 2.12. The summed E-state index contributed by atoms with van der Waals surface area (Å²) in [5.41, 5.74) is 6.62. The van der Waals surface area contributed by atoms with Crippen LogP contribution in [0.3, 0.4) is 0 Å². The van der Waals surface area contributed by atoms with Gasteiger partial charge in [-0.05, 0) is 36.1 Å². The predicted octanol–water partition coefficient (Wildman–Crippen LogP) is 2.29. The van der Waals surface area contributed by atoms with Crippen LogP contribution in [0.25, 0.3) is 0 Å². The third-order valence-corrected chi connectivity index (χ3v) is 5.15. The number of hydrogen-bond donors (Lipinski definition) is 1. The molecule has 0 amide bonds. The molecule has 2 aliphatic rings. The highest BCUT2D eigenvalue weighted by atomic mass is 32.1. The summed E-state index contributed by atoms with van der Waals surface area (Å²) in [6.45, 7) is 4.13. The quantitative estimate of drug-likeness (QED) is 0.827. The van der Waals surface area contributed by atoms with Gasteiger partial charge in [0, 0.05) is 30.1 Å². The van der Waals surface area contributed by atoms with Crippen molar-refractivity contribution in [1.29, 1.82) is 0 Å². The SMILES string of the molecule is NCC#Cc1ccsc1CN1CC2CCCC2C1. The average Bonchev–Trinajstić information content (AvgIpc) is 3.02. The zero-order valence-corrected chi connectivity index (χ0v) is 11.5. The fourth-order valence-electron chi connectivity index (χ4n) is 3.39. The maximum absolute atomic E-state index is 5.44. The van der Waals surface area contributed by atoms with Crippen molar-refractivity contribution in [3.63, 3.8) is 0 Å². The second-order valence-corrected chi connectivity index (χ2v) is 6.41. The molecule has 1 aromatic heterocycles. The Balaban J connectivity index is 1.65. The molecule has 2 nitrogen and oxygen atoms in total. The van der Waals surface area contributed by atoms with Gasteiger partial charge in [0.2, 0.25) is 0 Å². The minimum absolute atomic E-state index is 0.448. The maximum Gasteiger partial charge on any atom is 0.0555 e. The Hall–Kier alpha value is -0.820. The van der Waals surface area contributed by atoms with Gasteiger partial charge >= 0.3 is 0 Å². The lowest BCUT2D eigenvalue weighted by Gasteiger charge is -2.15. The van der Waals surface area contributed by atoms with Crippen LogP contribution in [0.5, 0.6) is 0 Å². The number of thiophene rings is 1. The topological polar surface area (TPSA) is 29.3 Å². The van der Waals surface area contributed by atoms with Gasteiger partial charge in [-0.2, -0.15) is 0 Å². The van der Waals surface area contributed by atoms with Crippen LogP contribution in [0.15, 0.2) is 11.4 Å². The molecular weight excluding hydrogens is 240 g/mol. The molecule has 3 rings (SSSR count). The number of hydrogen-bond acceptors (Lipinski definition) is 3. The van der Waals surface area contributed by atoms with Crippen molar-refractivity contribution in [2.75, 3.05) is 19.6 Å². The fourth-order valence-corrected chi connectivity index (χ4v) is 4.26. The summed E-state index contributed by atoms with van der Waals surface area (Å²) >= 11 is 1.83. The van der Waals surface area contributed by atoms with Gasteiger partial charge in [0.15, 0.2) is 0 Å². The number of fused-ring (bicyclic) bond motifs is 1. The molecule has 1 saturated carbocycles. The van der Waals surface area contributed by atoms with E-state index < -0.39 is 0 Å². The molecule has 0 radical (unpaired) electrons. The first kappa shape index (κ1) is 12.2. The number of nitrogens with zero attached hydrogens (tertiary/aromatic N) is 1. The van der Waals surface area contributed by atoms with Crippen molar-refractivity contribution >= 4 is 11.3 Å². The van der Waals surface area contributed by atoms with Crippen molar-refractivity contribution in [3.05, 3.63) is 21.9 Å². The third kappa shape index (κ3) is 2.47. The molecule has 0 aromatic carbocycles. The molecular formula is C15H20N2S. The van der Waals surface area contributed by atoms with E-state index in [0.29, 0.717) is 6.54 Å². The maximum atomic E-state index is 5.44. The highest BCUT2D eigenvalue weighted by molar-refractivity contribution is 7.10. The van der Waals surface area contributed by atoms with E-state index in [-0.39, 0.29) is 0 Å². The van der Waals surface area contributed by atoms with E-state index in [1.165, 1.54) is 42.8 Å². The Morgan fingerprint density at radius 3 is 2.83 bits per heavy atom. The van der Waals surface area contributed by atoms with Gasteiger partial charge in [0.25, 0.3) is 0 Å². The van der Waals surface area contributed by atoms with E-state index in [4.69, 9.17) is 5.73 Å². The van der Waals surface area contributed by atoms with Gasteiger partial charge in [-0.3, -0.25) is 4.90 Å². The first-order valence-corrected chi connectivity index (χ1v) is 7.72. The number of nitrogens with two attached hydrogens (primary N) is 1. The summed E-state index contributed by atoms with van der Waals surface area (Å²) in [5, 5.41) is 2.15. The van der Waals surface area contributed by atoms with Crippen LogP contribution in [-0.4, -0.2) is 24.5 Å². The molecule has 2 N–H and O–H groups in total. The Bertz CT molecular complexity index is 456. The van der Waals surface area contributed by atoms with Crippen LogP contribution in [0, 0.1) is 23.7 Å². The Kier molecular flexibility index (Phi) is 3.69. The first-order valence-electron chi connectivity index (χ1n) is 6.84. The van der Waals surface area contributed by atoms with E-state index in [0.717, 1.165) is 18.4 Å². The van der Waals surface area contributed by atoms with Crippen LogP contribution < -0.4 is 5.73 Å². The predicted molar refractivity (Wildman–Crippen MR) is 76.4 cm³/mol. The Morgan fingerprint density at radius 2 is 2.11 bits per heavy atom. The highest BCUT2D eigenvalue weighted by Gasteiger charge is 2.35. The molecule has 0 spiro atoms. The normalized spacial score (nSPS) is 26.9. The minimum atomic E-state index is 0.448. The molecule has 3 heteroatoms. The molecule has 96 valence electrons.